The van der Waals surface area contributed by atoms with Crippen LogP contribution in [0, 0.1) is 5.82 Å². The molecule has 0 saturated heterocycles. The second-order valence-electron chi connectivity index (χ2n) is 8.02. The van der Waals surface area contributed by atoms with Crippen molar-refractivity contribution in [3.8, 4) is 0 Å². The summed E-state index contributed by atoms with van der Waals surface area (Å²) in [6.07, 6.45) is 0. The number of hydrogen-bond acceptors (Lipinski definition) is 4. The van der Waals surface area contributed by atoms with Gasteiger partial charge in [-0.05, 0) is 67.9 Å². The van der Waals surface area contributed by atoms with Crippen LogP contribution in [0.1, 0.15) is 19.4 Å². The zero-order chi connectivity index (χ0) is 26.3. The van der Waals surface area contributed by atoms with Gasteiger partial charge in [-0.1, -0.05) is 46.3 Å². The Hall–Kier alpha value is -3.24. The van der Waals surface area contributed by atoms with E-state index in [4.69, 9.17) is 0 Å². The van der Waals surface area contributed by atoms with Crippen LogP contribution >= 0.6 is 15.9 Å². The van der Waals surface area contributed by atoms with Crippen molar-refractivity contribution in [1.82, 2.24) is 10.2 Å². The molecule has 0 aromatic heterocycles. The zero-order valence-corrected chi connectivity index (χ0v) is 22.3. The number of carbonyl (C=O) groups excluding carboxylic acids is 2. The number of anilines is 1. The summed E-state index contributed by atoms with van der Waals surface area (Å²) in [6.45, 7) is 3.31. The first-order valence-electron chi connectivity index (χ1n) is 11.3. The molecule has 36 heavy (non-hydrogen) atoms. The molecular formula is C26H27BrFN3O4S. The minimum Gasteiger partial charge on any atom is -0.355 e. The molecule has 190 valence electrons. The van der Waals surface area contributed by atoms with Gasteiger partial charge in [0.1, 0.15) is 18.4 Å². The van der Waals surface area contributed by atoms with Crippen LogP contribution in [0.15, 0.2) is 88.2 Å². The topological polar surface area (TPSA) is 86.8 Å². The maximum atomic E-state index is 13.7. The first kappa shape index (κ1) is 27.3. The summed E-state index contributed by atoms with van der Waals surface area (Å²) in [6, 6.07) is 19.0. The fourth-order valence-corrected chi connectivity index (χ4v) is 5.23. The zero-order valence-electron chi connectivity index (χ0n) is 19.9. The van der Waals surface area contributed by atoms with E-state index >= 15 is 0 Å². The molecule has 0 aliphatic carbocycles. The molecule has 0 radical (unpaired) electrons. The van der Waals surface area contributed by atoms with Crippen molar-refractivity contribution in [3.05, 3.63) is 94.7 Å². The van der Waals surface area contributed by atoms with Gasteiger partial charge in [-0.15, -0.1) is 0 Å². The largest absolute Gasteiger partial charge is 0.355 e. The standard InChI is InChI=1S/C26H27BrFN3O4S/c1-3-29-26(33)19(2)30(17-20-9-11-21(27)12-10-20)25(32)18-31(23-7-5-4-6-8-23)36(34,35)24-15-13-22(28)14-16-24/h4-16,19H,3,17-18H2,1-2H3,(H,29,33)/t19-/m0/s1. The Bertz CT molecular complexity index is 1290. The summed E-state index contributed by atoms with van der Waals surface area (Å²) in [5.74, 6) is -1.49. The van der Waals surface area contributed by atoms with Crippen LogP contribution in [0.3, 0.4) is 0 Å². The number of hydrogen-bond donors (Lipinski definition) is 1. The molecule has 0 bridgehead atoms. The number of nitrogens with zero attached hydrogens (tertiary/aromatic N) is 2. The van der Waals surface area contributed by atoms with Gasteiger partial charge in [0.25, 0.3) is 10.0 Å². The second-order valence-corrected chi connectivity index (χ2v) is 10.8. The molecule has 1 atom stereocenters. The molecule has 0 aliphatic heterocycles. The lowest BCUT2D eigenvalue weighted by Crippen LogP contribution is -2.51. The predicted octanol–water partition coefficient (Wildman–Crippen LogP) is 4.34. The molecule has 3 aromatic carbocycles. The molecule has 3 rings (SSSR count). The second kappa shape index (κ2) is 12.1. The molecule has 0 aliphatic rings. The Labute approximate surface area is 219 Å². The maximum absolute atomic E-state index is 13.7. The molecule has 10 heteroatoms. The van der Waals surface area contributed by atoms with Crippen LogP contribution in [0.2, 0.25) is 0 Å². The molecule has 0 saturated carbocycles. The van der Waals surface area contributed by atoms with Gasteiger partial charge >= 0.3 is 0 Å². The van der Waals surface area contributed by atoms with Crippen molar-refractivity contribution in [1.29, 1.82) is 0 Å². The lowest BCUT2D eigenvalue weighted by atomic mass is 10.1. The van der Waals surface area contributed by atoms with Gasteiger partial charge in [0.05, 0.1) is 10.6 Å². The summed E-state index contributed by atoms with van der Waals surface area (Å²) < 4.78 is 42.4. The molecule has 0 fully saturated rings. The number of sulfonamides is 1. The number of nitrogens with one attached hydrogen (secondary N) is 1. The highest BCUT2D eigenvalue weighted by molar-refractivity contribution is 9.10. The average Bonchev–Trinajstić information content (AvgIpc) is 2.87. The summed E-state index contributed by atoms with van der Waals surface area (Å²) in [7, 11) is -4.22. The number of likely N-dealkylation sites (N-methyl/N-ethyl adjacent to an activating group) is 1. The molecule has 2 amide bonds. The highest BCUT2D eigenvalue weighted by atomic mass is 79.9. The highest BCUT2D eigenvalue weighted by Gasteiger charge is 2.32. The minimum absolute atomic E-state index is 0.101. The molecule has 1 N–H and O–H groups in total. The normalized spacial score (nSPS) is 12.0. The number of carbonyl (C=O) groups is 2. The van der Waals surface area contributed by atoms with Crippen LogP contribution in [-0.2, 0) is 26.2 Å². The number of para-hydroxylation sites is 1. The lowest BCUT2D eigenvalue weighted by molar-refractivity contribution is -0.139. The number of rotatable bonds is 10. The monoisotopic (exact) mass is 575 g/mol. The van der Waals surface area contributed by atoms with Gasteiger partial charge in [0.2, 0.25) is 11.8 Å². The van der Waals surface area contributed by atoms with Gasteiger partial charge in [0, 0.05) is 17.6 Å². The lowest BCUT2D eigenvalue weighted by Gasteiger charge is -2.32. The third kappa shape index (κ3) is 6.70. The maximum Gasteiger partial charge on any atom is 0.264 e. The van der Waals surface area contributed by atoms with E-state index in [0.29, 0.717) is 6.54 Å². The number of benzene rings is 3. The summed E-state index contributed by atoms with van der Waals surface area (Å²) >= 11 is 3.38. The average molecular weight is 576 g/mol. The van der Waals surface area contributed by atoms with Crippen molar-refractivity contribution in [2.45, 2.75) is 31.3 Å². The van der Waals surface area contributed by atoms with E-state index < -0.39 is 34.3 Å². The Morgan fingerprint density at radius 3 is 2.17 bits per heavy atom. The molecular weight excluding hydrogens is 549 g/mol. The Morgan fingerprint density at radius 1 is 0.972 bits per heavy atom. The van der Waals surface area contributed by atoms with Gasteiger partial charge in [-0.25, -0.2) is 12.8 Å². The van der Waals surface area contributed by atoms with Crippen molar-refractivity contribution < 1.29 is 22.4 Å². The Kier molecular flexibility index (Phi) is 9.22. The first-order valence-corrected chi connectivity index (χ1v) is 13.5. The third-order valence-corrected chi connectivity index (χ3v) is 7.83. The third-order valence-electron chi connectivity index (χ3n) is 5.51. The highest BCUT2D eigenvalue weighted by Crippen LogP contribution is 2.24. The molecule has 3 aromatic rings. The van der Waals surface area contributed by atoms with Crippen LogP contribution in [0.5, 0.6) is 0 Å². The number of amides is 2. The molecule has 0 spiro atoms. The van der Waals surface area contributed by atoms with E-state index in [1.165, 1.54) is 4.90 Å². The first-order chi connectivity index (χ1) is 17.1. The van der Waals surface area contributed by atoms with Crippen LogP contribution in [-0.4, -0.2) is 44.3 Å². The smallest absolute Gasteiger partial charge is 0.264 e. The number of halogens is 2. The Morgan fingerprint density at radius 2 is 1.58 bits per heavy atom. The van der Waals surface area contributed by atoms with Crippen LogP contribution in [0.25, 0.3) is 0 Å². The fraction of sp³-hybridized carbons (Fsp3) is 0.231. The van der Waals surface area contributed by atoms with E-state index in [1.54, 1.807) is 44.2 Å². The van der Waals surface area contributed by atoms with Gasteiger partial charge in [-0.2, -0.15) is 0 Å². The SMILES string of the molecule is CCNC(=O)[C@H](C)N(Cc1ccc(Br)cc1)C(=O)CN(c1ccccc1)S(=O)(=O)c1ccc(F)cc1. The Balaban J connectivity index is 1.99. The van der Waals surface area contributed by atoms with E-state index in [-0.39, 0.29) is 23.0 Å². The summed E-state index contributed by atoms with van der Waals surface area (Å²) in [4.78, 5) is 27.5. The van der Waals surface area contributed by atoms with Crippen LogP contribution < -0.4 is 9.62 Å². The quantitative estimate of drug-likeness (QED) is 0.389. The summed E-state index contributed by atoms with van der Waals surface area (Å²) in [5.41, 5.74) is 1.04. The summed E-state index contributed by atoms with van der Waals surface area (Å²) in [5, 5.41) is 2.71. The van der Waals surface area contributed by atoms with Crippen molar-refractivity contribution in [3.63, 3.8) is 0 Å². The fourth-order valence-electron chi connectivity index (χ4n) is 3.55. The van der Waals surface area contributed by atoms with E-state index in [2.05, 4.69) is 21.2 Å². The predicted molar refractivity (Wildman–Crippen MR) is 140 cm³/mol. The van der Waals surface area contributed by atoms with Crippen LogP contribution in [0.4, 0.5) is 10.1 Å². The minimum atomic E-state index is -4.22. The van der Waals surface area contributed by atoms with Crippen molar-refractivity contribution >= 4 is 43.5 Å². The molecule has 0 unspecified atom stereocenters. The molecule has 0 heterocycles. The van der Waals surface area contributed by atoms with E-state index in [0.717, 1.165) is 38.6 Å². The van der Waals surface area contributed by atoms with Crippen molar-refractivity contribution in [2.75, 3.05) is 17.4 Å². The van der Waals surface area contributed by atoms with Gasteiger partial charge in [-0.3, -0.25) is 13.9 Å². The molecule has 7 nitrogen and oxygen atoms in total. The van der Waals surface area contributed by atoms with Gasteiger partial charge in [0.15, 0.2) is 0 Å². The van der Waals surface area contributed by atoms with Crippen molar-refractivity contribution in [2.24, 2.45) is 0 Å². The van der Waals surface area contributed by atoms with E-state index in [9.17, 15) is 22.4 Å². The van der Waals surface area contributed by atoms with Gasteiger partial charge < -0.3 is 10.2 Å². The van der Waals surface area contributed by atoms with E-state index in [1.807, 2.05) is 24.3 Å².